The lowest BCUT2D eigenvalue weighted by Gasteiger charge is -2.59. The highest BCUT2D eigenvalue weighted by atomic mass is 32.1. The fourth-order valence-electron chi connectivity index (χ4n) is 13.0. The van der Waals surface area contributed by atoms with Crippen molar-refractivity contribution in [1.82, 2.24) is 40.1 Å². The number of rotatable bonds is 12. The molecule has 0 radical (unpaired) electrons. The van der Waals surface area contributed by atoms with Crippen molar-refractivity contribution in [2.75, 3.05) is 84.3 Å². The number of nitrogens with zero attached hydrogens (tertiary/aromatic N) is 7. The fraction of sp³-hybridized carbons (Fsp3) is 0.667. The van der Waals surface area contributed by atoms with Crippen molar-refractivity contribution < 1.29 is 38.1 Å². The minimum atomic E-state index is -0.988. The minimum absolute atomic E-state index is 0.0275. The number of benzene rings is 1. The Bertz CT molecular complexity index is 2740. The summed E-state index contributed by atoms with van der Waals surface area (Å²) >= 11 is 1.54. The zero-order chi connectivity index (χ0) is 51.6. The van der Waals surface area contributed by atoms with Crippen LogP contribution in [0.5, 0.6) is 0 Å². The maximum Gasteiger partial charge on any atom is 0.324 e. The lowest BCUT2D eigenvalue weighted by molar-refractivity contribution is -0.165. The Morgan fingerprint density at radius 3 is 2.51 bits per heavy atom. The highest BCUT2D eigenvalue weighted by molar-refractivity contribution is 7.10. The number of hydrogen-bond acceptors (Lipinski definition) is 15. The average molecular weight is 1050 g/mol. The molecule has 12 rings (SSSR count). The van der Waals surface area contributed by atoms with E-state index in [0.29, 0.717) is 58.6 Å². The van der Waals surface area contributed by atoms with Crippen molar-refractivity contribution >= 4 is 45.7 Å². The van der Waals surface area contributed by atoms with Crippen molar-refractivity contribution in [3.63, 3.8) is 0 Å². The SMILES string of the molecule is CO[C@@H](C)c1ncc(N2CCN(C3CC3)CC2)cc1-c1c2c3cc(ccc3n1CCOC1CCOCC1)-c1csc(n1)[C@@H](N1CC3(CCC3)C1)[C@H](NC(=O)[C@H]1C[C@@H](C)O1)C(=O)N1CCC[C@H](N1)C(=O)OCC(C)(C)C2. The molecule has 6 atom stereocenters. The van der Waals surface area contributed by atoms with Gasteiger partial charge >= 0.3 is 5.97 Å². The molecule has 0 unspecified atom stereocenters. The zero-order valence-corrected chi connectivity index (χ0v) is 45.5. The van der Waals surface area contributed by atoms with Crippen LogP contribution in [-0.4, -0.2) is 163 Å². The number of fused-ring (bicyclic) bond motifs is 6. The number of likely N-dealkylation sites (tertiary alicyclic amines) is 1. The third kappa shape index (κ3) is 10.4. The van der Waals surface area contributed by atoms with Crippen LogP contribution in [0.25, 0.3) is 33.4 Å². The van der Waals surface area contributed by atoms with E-state index in [4.69, 9.17) is 33.7 Å². The number of carbonyl (C=O) groups is 3. The summed E-state index contributed by atoms with van der Waals surface area (Å²) in [7, 11) is 1.75. The monoisotopic (exact) mass is 1050 g/mol. The summed E-state index contributed by atoms with van der Waals surface area (Å²) in [5.41, 5.74) is 11.0. The Morgan fingerprint density at radius 2 is 1.79 bits per heavy atom. The number of aromatic nitrogens is 3. The van der Waals surface area contributed by atoms with Gasteiger partial charge in [0.1, 0.15) is 23.2 Å². The first kappa shape index (κ1) is 51.2. The highest BCUT2D eigenvalue weighted by Gasteiger charge is 2.54. The normalized spacial score (nSPS) is 28.0. The second-order valence-electron chi connectivity index (χ2n) is 23.8. The molecule has 18 heteroatoms. The molecule has 4 aromatic rings. The third-order valence-corrected chi connectivity index (χ3v) is 18.6. The van der Waals surface area contributed by atoms with E-state index in [-0.39, 0.29) is 42.1 Å². The summed E-state index contributed by atoms with van der Waals surface area (Å²) < 4.78 is 33.2. The molecule has 9 heterocycles. The van der Waals surface area contributed by atoms with Crippen molar-refractivity contribution in [3.05, 3.63) is 52.1 Å². The van der Waals surface area contributed by atoms with Gasteiger partial charge in [-0.25, -0.2) is 10.4 Å². The fourth-order valence-corrected chi connectivity index (χ4v) is 14.0. The molecule has 2 amide bonds. The largest absolute Gasteiger partial charge is 0.464 e. The number of ether oxygens (including phenoxy) is 5. The zero-order valence-electron chi connectivity index (χ0n) is 44.7. The van der Waals surface area contributed by atoms with Gasteiger partial charge in [-0.1, -0.05) is 26.3 Å². The first-order valence-corrected chi connectivity index (χ1v) is 29.0. The Morgan fingerprint density at radius 1 is 1.00 bits per heavy atom. The van der Waals surface area contributed by atoms with E-state index in [1.165, 1.54) is 30.6 Å². The van der Waals surface area contributed by atoms with Gasteiger partial charge in [-0.15, -0.1) is 11.3 Å². The van der Waals surface area contributed by atoms with Crippen molar-refractivity contribution in [3.8, 4) is 22.5 Å². The number of nitrogens with one attached hydrogen (secondary N) is 2. The summed E-state index contributed by atoms with van der Waals surface area (Å²) in [5.74, 6) is -1.01. The predicted molar refractivity (Wildman–Crippen MR) is 286 cm³/mol. The number of hydrogen-bond donors (Lipinski definition) is 2. The maximum absolute atomic E-state index is 15.2. The summed E-state index contributed by atoms with van der Waals surface area (Å²) in [5, 5.41) is 8.70. The quantitative estimate of drug-likeness (QED) is 0.142. The molecule has 1 spiro atoms. The molecule has 1 aromatic carbocycles. The summed E-state index contributed by atoms with van der Waals surface area (Å²) in [4.78, 5) is 61.8. The molecule has 7 fully saturated rings. The number of esters is 1. The summed E-state index contributed by atoms with van der Waals surface area (Å²) in [6.45, 7) is 17.0. The number of piperazine rings is 1. The van der Waals surface area contributed by atoms with Crippen molar-refractivity contribution in [2.24, 2.45) is 10.8 Å². The number of pyridine rings is 1. The second-order valence-corrected chi connectivity index (χ2v) is 24.7. The van der Waals surface area contributed by atoms with Crippen LogP contribution in [0, 0.1) is 10.8 Å². The molecular weight excluding hydrogens is 971 g/mol. The molecule has 3 aromatic heterocycles. The second kappa shape index (κ2) is 21.0. The Hall–Kier alpha value is -4.53. The van der Waals surface area contributed by atoms with Crippen LogP contribution in [0.4, 0.5) is 5.69 Å². The van der Waals surface area contributed by atoms with Crippen molar-refractivity contribution in [2.45, 2.75) is 153 Å². The van der Waals surface area contributed by atoms with E-state index in [9.17, 15) is 9.59 Å². The van der Waals surface area contributed by atoms with E-state index in [1.807, 2.05) is 13.1 Å². The molecule has 6 bridgehead atoms. The van der Waals surface area contributed by atoms with Crippen LogP contribution in [0.2, 0.25) is 0 Å². The lowest BCUT2D eigenvalue weighted by Crippen LogP contribution is -2.67. The van der Waals surface area contributed by atoms with Gasteiger partial charge in [0.2, 0.25) is 5.91 Å². The number of methoxy groups -OCH3 is 1. The van der Waals surface area contributed by atoms with Gasteiger partial charge in [0.05, 0.1) is 66.5 Å². The Balaban J connectivity index is 0.999. The number of anilines is 1. The van der Waals surface area contributed by atoms with Crippen LogP contribution in [-0.2, 0) is 51.0 Å². The van der Waals surface area contributed by atoms with Gasteiger partial charge in [0.15, 0.2) is 0 Å². The molecule has 2 aliphatic carbocycles. The first-order chi connectivity index (χ1) is 36.3. The standard InChI is InChI=1S/C57H77N9O8S/c1-35-26-47(74-35)52(67)60-49-51(64-32-57(33-64)15-7-16-57)53-59-45(31-75-53)37-9-12-46-41(27-37)43(29-56(3,4)34-73-55(69)44-8-6-17-66(61-44)54(49)68)50(65(46)22-25-72-40-13-23-71-24-14-40)42-28-39(30-58-48(42)36(2)70-5)63-20-18-62(19-21-63)38-10-11-38/h9,12,27-28,30-31,35-36,38,40,44,47,49,51,61H,6-8,10-11,13-26,29,32-34H2,1-5H3,(H,60,67)/t35-,36+,44+,47-,49+,51+/m1/s1. The first-order valence-electron chi connectivity index (χ1n) is 28.1. The van der Waals surface area contributed by atoms with Crippen LogP contribution in [0.15, 0.2) is 35.8 Å². The molecule has 8 aliphatic rings. The van der Waals surface area contributed by atoms with Gasteiger partial charge in [0, 0.05) is 118 Å². The Kier molecular flexibility index (Phi) is 14.4. The molecule has 2 N–H and O–H groups in total. The van der Waals surface area contributed by atoms with E-state index in [2.05, 4.69) is 80.4 Å². The van der Waals surface area contributed by atoms with Crippen LogP contribution < -0.4 is 15.6 Å². The number of cyclic esters (lactones) is 1. The molecule has 404 valence electrons. The van der Waals surface area contributed by atoms with Gasteiger partial charge in [-0.05, 0) is 101 Å². The topological polar surface area (TPSA) is 165 Å². The van der Waals surface area contributed by atoms with E-state index in [0.717, 1.165) is 126 Å². The van der Waals surface area contributed by atoms with Gasteiger partial charge in [-0.2, -0.15) is 0 Å². The highest BCUT2D eigenvalue weighted by Crippen LogP contribution is 2.52. The molecule has 5 saturated heterocycles. The molecule has 75 heavy (non-hydrogen) atoms. The van der Waals surface area contributed by atoms with E-state index in [1.54, 1.807) is 12.1 Å². The van der Waals surface area contributed by atoms with Gasteiger partial charge in [0.25, 0.3) is 5.91 Å². The van der Waals surface area contributed by atoms with Gasteiger partial charge in [-0.3, -0.25) is 34.2 Å². The smallest absolute Gasteiger partial charge is 0.324 e. The number of amides is 2. The third-order valence-electron chi connectivity index (χ3n) is 17.7. The van der Waals surface area contributed by atoms with Crippen LogP contribution in [0.3, 0.4) is 0 Å². The van der Waals surface area contributed by atoms with E-state index < -0.39 is 35.6 Å². The number of thiazole rings is 1. The molecule has 17 nitrogen and oxygen atoms in total. The Labute approximate surface area is 445 Å². The predicted octanol–water partition coefficient (Wildman–Crippen LogP) is 6.82. The summed E-state index contributed by atoms with van der Waals surface area (Å²) in [6.07, 6.45) is 11.3. The number of carbonyl (C=O) groups excluding carboxylic acids is 3. The number of hydrazine groups is 1. The minimum Gasteiger partial charge on any atom is -0.464 e. The maximum atomic E-state index is 15.2. The summed E-state index contributed by atoms with van der Waals surface area (Å²) in [6, 6.07) is 7.47. The van der Waals surface area contributed by atoms with E-state index >= 15 is 4.79 Å². The van der Waals surface area contributed by atoms with Crippen LogP contribution >= 0.6 is 11.3 Å². The molecule has 2 saturated carbocycles. The lowest BCUT2D eigenvalue weighted by atomic mass is 9.63. The van der Waals surface area contributed by atoms with Crippen LogP contribution in [0.1, 0.15) is 120 Å². The molecule has 6 aliphatic heterocycles. The average Bonchev–Trinajstić information content (AvgIpc) is 4.06. The van der Waals surface area contributed by atoms with Crippen molar-refractivity contribution in [1.29, 1.82) is 0 Å². The van der Waals surface area contributed by atoms with Gasteiger partial charge < -0.3 is 38.5 Å². The molecular formula is C57H77N9O8S.